The highest BCUT2D eigenvalue weighted by Crippen LogP contribution is 2.36. The Morgan fingerprint density at radius 3 is 1.93 bits per heavy atom. The largest absolute Gasteiger partial charge is 0.341 e. The van der Waals surface area contributed by atoms with Crippen molar-refractivity contribution in [1.29, 1.82) is 0 Å². The molecule has 0 aliphatic heterocycles. The molecule has 0 spiro atoms. The average Bonchev–Trinajstić information content (AvgIpc) is 3.31. The van der Waals surface area contributed by atoms with Gasteiger partial charge < -0.3 is 9.40 Å². The van der Waals surface area contributed by atoms with Crippen LogP contribution in [0.15, 0.2) is 65.9 Å². The molecular weight excluding hydrogens is 583 g/mol. The molecule has 226 valence electrons. The summed E-state index contributed by atoms with van der Waals surface area (Å²) in [6, 6.07) is 8.82. The number of halogens is 5. The second kappa shape index (κ2) is 11.3. The predicted octanol–water partition coefficient (Wildman–Crippen LogP) is 7.61. The minimum Gasteiger partial charge on any atom is -0.341 e. The third-order valence-electron chi connectivity index (χ3n) is 7.68. The fraction of sp³-hybridized carbons (Fsp3) is 0.212. The Labute approximate surface area is 248 Å². The molecule has 11 heteroatoms. The van der Waals surface area contributed by atoms with Crippen LogP contribution in [0.3, 0.4) is 0 Å². The van der Waals surface area contributed by atoms with Crippen molar-refractivity contribution in [3.8, 4) is 0 Å². The van der Waals surface area contributed by atoms with Crippen LogP contribution in [0.4, 0.5) is 22.0 Å². The Kier molecular flexibility index (Phi) is 7.83. The van der Waals surface area contributed by atoms with Gasteiger partial charge in [-0.05, 0) is 48.7 Å². The minimum absolute atomic E-state index is 0.0217. The quantitative estimate of drug-likeness (QED) is 0.0412. The maximum absolute atomic E-state index is 14.5. The number of Topliss-reactive ketones (excluding diaryl/α,β-unsaturated/α-hetero) is 1. The van der Waals surface area contributed by atoms with Crippen LogP contribution < -0.4 is 0 Å². The number of carbonyl (C=O) groups is 3. The average molecular weight is 609 g/mol. The van der Waals surface area contributed by atoms with Crippen molar-refractivity contribution in [1.82, 2.24) is 4.57 Å². The molecule has 1 unspecified atom stereocenters. The van der Waals surface area contributed by atoms with Crippen molar-refractivity contribution in [3.63, 3.8) is 0 Å². The molecule has 1 heterocycles. The van der Waals surface area contributed by atoms with E-state index < -0.39 is 63.5 Å². The van der Waals surface area contributed by atoms with Gasteiger partial charge in [0.1, 0.15) is 11.3 Å². The molecule has 1 aromatic heterocycles. The normalized spacial score (nSPS) is 16.1. The van der Waals surface area contributed by atoms with E-state index in [1.165, 1.54) is 18.2 Å². The second-order valence-corrected chi connectivity index (χ2v) is 10.9. The fourth-order valence-corrected chi connectivity index (χ4v) is 5.45. The number of oxime groups is 1. The molecule has 0 saturated heterocycles. The number of nitrogens with zero attached hydrogens (tertiary/aromatic N) is 2. The van der Waals surface area contributed by atoms with E-state index in [2.05, 4.69) is 5.16 Å². The maximum Gasteiger partial charge on any atom is 0.331 e. The Morgan fingerprint density at radius 1 is 0.841 bits per heavy atom. The van der Waals surface area contributed by atoms with Crippen LogP contribution in [0.2, 0.25) is 0 Å². The van der Waals surface area contributed by atoms with Gasteiger partial charge in [0.15, 0.2) is 29.1 Å². The smallest absolute Gasteiger partial charge is 0.331 e. The Morgan fingerprint density at radius 2 is 1.39 bits per heavy atom. The molecule has 6 nitrogen and oxygen atoms in total. The van der Waals surface area contributed by atoms with Gasteiger partial charge in [-0.15, -0.1) is 0 Å². The van der Waals surface area contributed by atoms with Gasteiger partial charge in [0, 0.05) is 52.3 Å². The summed E-state index contributed by atoms with van der Waals surface area (Å²) >= 11 is 0. The third kappa shape index (κ3) is 5.01. The van der Waals surface area contributed by atoms with E-state index in [9.17, 15) is 36.3 Å². The minimum atomic E-state index is -2.37. The van der Waals surface area contributed by atoms with E-state index in [1.54, 1.807) is 30.4 Å². The number of hydrogen-bond donors (Lipinski definition) is 0. The Bertz CT molecular complexity index is 1960. The van der Waals surface area contributed by atoms with Crippen LogP contribution in [-0.2, 0) is 16.2 Å². The third-order valence-corrected chi connectivity index (χ3v) is 7.68. The standard InChI is InChI=1S/C33H25F5N2O4/c1-5-40-22-11-9-17(31(42)24-25(34)27(36)29(38)28(37)26(24)35)14-19(22)20-15-18(10-12-23(20)40)32(43)30(39-44-16(2)41)21-8-6-7-13-33(21,3)4/h6-15,21H,5H2,1-4H3/b39-30+. The molecule has 0 N–H and O–H groups in total. The maximum atomic E-state index is 14.5. The SMILES string of the molecule is CCn1c2ccc(C(=O)/C(=N/OC(C)=O)C3C=CC=CC3(C)C)cc2c2cc(C(=O)c3c(F)c(F)c(F)c(F)c3F)ccc21. The van der Waals surface area contributed by atoms with Gasteiger partial charge in [0.25, 0.3) is 0 Å². The topological polar surface area (TPSA) is 77.7 Å². The van der Waals surface area contributed by atoms with Crippen molar-refractivity contribution in [2.75, 3.05) is 0 Å². The molecule has 1 aliphatic carbocycles. The van der Waals surface area contributed by atoms with Crippen LogP contribution in [0.1, 0.15) is 54.0 Å². The predicted molar refractivity (Wildman–Crippen MR) is 154 cm³/mol. The lowest BCUT2D eigenvalue weighted by atomic mass is 9.72. The lowest BCUT2D eigenvalue weighted by Gasteiger charge is -2.31. The highest BCUT2D eigenvalue weighted by molar-refractivity contribution is 6.47. The van der Waals surface area contributed by atoms with Crippen molar-refractivity contribution < 1.29 is 41.2 Å². The zero-order valence-corrected chi connectivity index (χ0v) is 24.0. The van der Waals surface area contributed by atoms with Crippen LogP contribution in [-0.4, -0.2) is 27.8 Å². The van der Waals surface area contributed by atoms with Crippen molar-refractivity contribution >= 4 is 45.1 Å². The highest BCUT2D eigenvalue weighted by Gasteiger charge is 2.36. The van der Waals surface area contributed by atoms with E-state index in [4.69, 9.17) is 4.84 Å². The first-order valence-corrected chi connectivity index (χ1v) is 13.6. The molecule has 4 aromatic rings. The molecule has 1 aliphatic rings. The van der Waals surface area contributed by atoms with E-state index in [0.29, 0.717) is 28.4 Å². The summed E-state index contributed by atoms with van der Waals surface area (Å²) in [5.41, 5.74) is -1.05. The van der Waals surface area contributed by atoms with Gasteiger partial charge in [-0.3, -0.25) is 9.59 Å². The second-order valence-electron chi connectivity index (χ2n) is 10.9. The van der Waals surface area contributed by atoms with Crippen molar-refractivity contribution in [2.45, 2.75) is 34.2 Å². The summed E-state index contributed by atoms with van der Waals surface area (Å²) in [5.74, 6) is -14.5. The van der Waals surface area contributed by atoms with Crippen LogP contribution in [0.5, 0.6) is 0 Å². The lowest BCUT2D eigenvalue weighted by molar-refractivity contribution is -0.140. The first-order valence-electron chi connectivity index (χ1n) is 13.6. The number of ketones is 2. The molecule has 0 fully saturated rings. The van der Waals surface area contributed by atoms with Gasteiger partial charge in [0.05, 0.1) is 0 Å². The van der Waals surface area contributed by atoms with Gasteiger partial charge in [-0.25, -0.2) is 26.7 Å². The van der Waals surface area contributed by atoms with Gasteiger partial charge in [-0.2, -0.15) is 0 Å². The Hall–Kier alpha value is -4.93. The number of hydrogen-bond acceptors (Lipinski definition) is 5. The van der Waals surface area contributed by atoms with Crippen LogP contribution >= 0.6 is 0 Å². The molecule has 0 amide bonds. The summed E-state index contributed by atoms with van der Waals surface area (Å²) < 4.78 is 72.1. The number of rotatable bonds is 7. The zero-order valence-electron chi connectivity index (χ0n) is 24.0. The Balaban J connectivity index is 1.67. The molecule has 44 heavy (non-hydrogen) atoms. The highest BCUT2D eigenvalue weighted by atomic mass is 19.2. The molecule has 0 bridgehead atoms. The molecule has 5 rings (SSSR count). The van der Waals surface area contributed by atoms with Crippen molar-refractivity contribution in [2.24, 2.45) is 16.5 Å². The number of carbonyl (C=O) groups excluding carboxylic acids is 3. The molecule has 0 saturated carbocycles. The van der Waals surface area contributed by atoms with Crippen molar-refractivity contribution in [3.05, 3.63) is 106 Å². The summed E-state index contributed by atoms with van der Waals surface area (Å²) in [6.07, 6.45) is 7.27. The van der Waals surface area contributed by atoms with Crippen LogP contribution in [0.25, 0.3) is 21.8 Å². The van der Waals surface area contributed by atoms with Gasteiger partial charge >= 0.3 is 5.97 Å². The summed E-state index contributed by atoms with van der Waals surface area (Å²) in [6.45, 7) is 7.28. The first kappa shape index (κ1) is 30.5. The summed E-state index contributed by atoms with van der Waals surface area (Å²) in [7, 11) is 0. The monoisotopic (exact) mass is 608 g/mol. The summed E-state index contributed by atoms with van der Waals surface area (Å²) in [4.78, 5) is 43.5. The van der Waals surface area contributed by atoms with E-state index >= 15 is 0 Å². The molecule has 0 radical (unpaired) electrons. The van der Waals surface area contributed by atoms with Crippen LogP contribution in [0, 0.1) is 40.4 Å². The number of aromatic nitrogens is 1. The number of aryl methyl sites for hydroxylation is 1. The number of fused-ring (bicyclic) bond motifs is 3. The molecule has 3 aromatic carbocycles. The summed E-state index contributed by atoms with van der Waals surface area (Å²) in [5, 5.41) is 4.78. The fourth-order valence-electron chi connectivity index (χ4n) is 5.45. The van der Waals surface area contributed by atoms with E-state index in [0.717, 1.165) is 6.92 Å². The molecular formula is C33H25F5N2O4. The molecule has 1 atom stereocenters. The van der Waals surface area contributed by atoms with Gasteiger partial charge in [-0.1, -0.05) is 43.3 Å². The zero-order chi connectivity index (χ0) is 32.1. The first-order chi connectivity index (χ1) is 20.8. The lowest BCUT2D eigenvalue weighted by Crippen LogP contribution is -2.34. The van der Waals surface area contributed by atoms with E-state index in [-0.39, 0.29) is 16.8 Å². The number of benzene rings is 3. The number of allylic oxidation sites excluding steroid dienone is 4. The van der Waals surface area contributed by atoms with Gasteiger partial charge in [0.2, 0.25) is 11.6 Å². The van der Waals surface area contributed by atoms with E-state index in [1.807, 2.05) is 37.5 Å².